The van der Waals surface area contributed by atoms with Crippen LogP contribution in [0.4, 0.5) is 0 Å². The molecule has 0 saturated carbocycles. The molecule has 0 unspecified atom stereocenters. The molecular weight excluding hydrogens is 560 g/mol. The van der Waals surface area contributed by atoms with E-state index in [1.54, 1.807) is 38.1 Å². The molecule has 234 valence electrons. The number of carbonyl (C=O) groups excluding carboxylic acids is 3. The van der Waals surface area contributed by atoms with Crippen LogP contribution in [0.2, 0.25) is 0 Å². The zero-order valence-electron chi connectivity index (χ0n) is 26.4. The van der Waals surface area contributed by atoms with E-state index in [1.807, 2.05) is 20.8 Å². The molecule has 8 nitrogen and oxygen atoms in total. The van der Waals surface area contributed by atoms with E-state index in [-0.39, 0.29) is 28.7 Å². The van der Waals surface area contributed by atoms with Crippen LogP contribution in [0.3, 0.4) is 0 Å². The van der Waals surface area contributed by atoms with E-state index in [0.717, 1.165) is 18.4 Å². The van der Waals surface area contributed by atoms with Crippen molar-refractivity contribution in [3.63, 3.8) is 0 Å². The number of phenolic OH excluding ortho intramolecular Hbond substituents is 3. The Morgan fingerprint density at radius 1 is 0.864 bits per heavy atom. The first-order valence-corrected chi connectivity index (χ1v) is 14.6. The summed E-state index contributed by atoms with van der Waals surface area (Å²) in [6.07, 6.45) is 4.88. The summed E-state index contributed by atoms with van der Waals surface area (Å²) in [4.78, 5) is 39.8. The number of hydrogen-bond acceptors (Lipinski definition) is 8. The standard InChI is InChI=1S/C36H42O8/c1-19(2)12-11-13-21(5)16-17-23-30(39)24(32(41)26(31(23)40)29(38)22-14-9-8-10-15-22)18-25-33(42)27(28(37)20(3)4)35(44)36(6,7)34(25)43/h8-10,12,14-16,20,39-43H,11,13,17-18H2,1-7H3. The highest BCUT2D eigenvalue weighted by atomic mass is 16.3. The summed E-state index contributed by atoms with van der Waals surface area (Å²) in [6.45, 7) is 11.9. The van der Waals surface area contributed by atoms with Crippen LogP contribution in [0.15, 0.2) is 76.3 Å². The molecule has 2 aromatic rings. The van der Waals surface area contributed by atoms with Gasteiger partial charge < -0.3 is 25.5 Å². The van der Waals surface area contributed by atoms with Crippen molar-refractivity contribution in [3.05, 3.63) is 98.5 Å². The third kappa shape index (κ3) is 6.64. The Bertz CT molecular complexity index is 1610. The summed E-state index contributed by atoms with van der Waals surface area (Å²) >= 11 is 0. The monoisotopic (exact) mass is 602 g/mol. The third-order valence-electron chi connectivity index (χ3n) is 7.95. The molecule has 0 saturated heterocycles. The summed E-state index contributed by atoms with van der Waals surface area (Å²) in [6, 6.07) is 8.00. The summed E-state index contributed by atoms with van der Waals surface area (Å²) in [5.74, 6) is -5.93. The molecule has 1 aliphatic carbocycles. The Hall–Kier alpha value is -4.59. The molecule has 0 amide bonds. The third-order valence-corrected chi connectivity index (χ3v) is 7.95. The predicted molar refractivity (Wildman–Crippen MR) is 169 cm³/mol. The molecule has 0 atom stereocenters. The van der Waals surface area contributed by atoms with Crippen molar-refractivity contribution in [3.8, 4) is 17.2 Å². The lowest BCUT2D eigenvalue weighted by Crippen LogP contribution is -2.37. The van der Waals surface area contributed by atoms with Gasteiger partial charge in [0.25, 0.3) is 0 Å². The van der Waals surface area contributed by atoms with Crippen LogP contribution in [0, 0.1) is 11.3 Å². The van der Waals surface area contributed by atoms with Gasteiger partial charge in [-0.15, -0.1) is 0 Å². The summed E-state index contributed by atoms with van der Waals surface area (Å²) in [5.41, 5.74) is -0.762. The minimum absolute atomic E-state index is 0.00852. The highest BCUT2D eigenvalue weighted by Crippen LogP contribution is 2.47. The lowest BCUT2D eigenvalue weighted by Gasteiger charge is -2.31. The van der Waals surface area contributed by atoms with Gasteiger partial charge in [-0.3, -0.25) is 14.4 Å². The molecule has 0 spiro atoms. The van der Waals surface area contributed by atoms with Gasteiger partial charge in [-0.05, 0) is 53.9 Å². The van der Waals surface area contributed by atoms with Crippen LogP contribution in [0.1, 0.15) is 88.4 Å². The number of aromatic hydroxyl groups is 3. The number of Topliss-reactive ketones (excluding diaryl/α,β-unsaturated/α-hetero) is 2. The minimum atomic E-state index is -1.60. The summed E-state index contributed by atoms with van der Waals surface area (Å²) in [7, 11) is 0. The molecule has 0 aliphatic heterocycles. The molecule has 0 radical (unpaired) electrons. The van der Waals surface area contributed by atoms with Crippen molar-refractivity contribution in [2.24, 2.45) is 11.3 Å². The fraction of sp³-hybridized carbons (Fsp3) is 0.361. The molecule has 3 rings (SSSR count). The van der Waals surface area contributed by atoms with Gasteiger partial charge in [0.2, 0.25) is 5.78 Å². The average Bonchev–Trinajstić information content (AvgIpc) is 2.96. The molecule has 0 fully saturated rings. The number of aliphatic hydroxyl groups is 2. The second kappa shape index (κ2) is 13.4. The number of rotatable bonds is 11. The molecule has 0 heterocycles. The Kier molecular flexibility index (Phi) is 10.3. The molecule has 0 bridgehead atoms. The van der Waals surface area contributed by atoms with Gasteiger partial charge in [0.15, 0.2) is 11.6 Å². The molecule has 5 N–H and O–H groups in total. The van der Waals surface area contributed by atoms with E-state index in [4.69, 9.17) is 0 Å². The van der Waals surface area contributed by atoms with Crippen molar-refractivity contribution in [2.75, 3.05) is 0 Å². The number of aliphatic hydroxyl groups excluding tert-OH is 2. The zero-order valence-corrected chi connectivity index (χ0v) is 26.4. The summed E-state index contributed by atoms with van der Waals surface area (Å²) < 4.78 is 0. The molecular formula is C36H42O8. The van der Waals surface area contributed by atoms with Gasteiger partial charge in [-0.2, -0.15) is 0 Å². The molecule has 44 heavy (non-hydrogen) atoms. The predicted octanol–water partition coefficient (Wildman–Crippen LogP) is 7.27. The maximum Gasteiger partial charge on any atom is 0.200 e. The van der Waals surface area contributed by atoms with Crippen molar-refractivity contribution in [1.82, 2.24) is 0 Å². The fourth-order valence-corrected chi connectivity index (χ4v) is 5.13. The van der Waals surface area contributed by atoms with E-state index in [0.29, 0.717) is 0 Å². The second-order valence-electron chi connectivity index (χ2n) is 12.3. The highest BCUT2D eigenvalue weighted by molar-refractivity contribution is 6.24. The zero-order chi connectivity index (χ0) is 33.1. The number of benzene rings is 2. The van der Waals surface area contributed by atoms with Crippen LogP contribution in [0.25, 0.3) is 0 Å². The minimum Gasteiger partial charge on any atom is -0.511 e. The molecule has 1 aliphatic rings. The van der Waals surface area contributed by atoms with Gasteiger partial charge in [-0.25, -0.2) is 0 Å². The van der Waals surface area contributed by atoms with Gasteiger partial charge in [0.1, 0.15) is 39.9 Å². The van der Waals surface area contributed by atoms with Crippen LogP contribution >= 0.6 is 0 Å². The Morgan fingerprint density at radius 3 is 2.02 bits per heavy atom. The smallest absolute Gasteiger partial charge is 0.200 e. The number of allylic oxidation sites excluding steroid dienone is 7. The second-order valence-corrected chi connectivity index (χ2v) is 12.3. The van der Waals surface area contributed by atoms with E-state index < -0.39 is 75.0 Å². The van der Waals surface area contributed by atoms with E-state index >= 15 is 0 Å². The Balaban J connectivity index is 2.27. The topological polar surface area (TPSA) is 152 Å². The van der Waals surface area contributed by atoms with Crippen molar-refractivity contribution < 1.29 is 39.9 Å². The quantitative estimate of drug-likeness (QED) is 0.102. The van der Waals surface area contributed by atoms with Crippen molar-refractivity contribution >= 4 is 17.3 Å². The van der Waals surface area contributed by atoms with Gasteiger partial charge in [0.05, 0.1) is 5.41 Å². The number of hydrogen-bond donors (Lipinski definition) is 5. The Morgan fingerprint density at radius 2 is 1.45 bits per heavy atom. The van der Waals surface area contributed by atoms with Crippen molar-refractivity contribution in [2.45, 2.75) is 74.1 Å². The van der Waals surface area contributed by atoms with Crippen LogP contribution in [-0.4, -0.2) is 42.9 Å². The van der Waals surface area contributed by atoms with Crippen LogP contribution in [0.5, 0.6) is 17.2 Å². The average molecular weight is 603 g/mol. The first-order chi connectivity index (χ1) is 20.5. The van der Waals surface area contributed by atoms with Gasteiger partial charge >= 0.3 is 0 Å². The van der Waals surface area contributed by atoms with Crippen LogP contribution in [-0.2, 0) is 22.4 Å². The van der Waals surface area contributed by atoms with Crippen molar-refractivity contribution in [1.29, 1.82) is 0 Å². The SMILES string of the molecule is CC(C)=CCCC(C)=CCc1c(O)c(CC2=C(O)C(C)(C)C(=O)C(C(=O)C(C)C)=C2O)c(O)c(C(=O)c2ccccc2)c1O. The van der Waals surface area contributed by atoms with Gasteiger partial charge in [-0.1, -0.05) is 67.5 Å². The van der Waals surface area contributed by atoms with Gasteiger partial charge in [0, 0.05) is 34.6 Å². The lowest BCUT2D eigenvalue weighted by atomic mass is 9.72. The fourth-order valence-electron chi connectivity index (χ4n) is 5.13. The first kappa shape index (κ1) is 33.9. The lowest BCUT2D eigenvalue weighted by molar-refractivity contribution is -0.128. The normalized spacial score (nSPS) is 15.2. The Labute approximate surface area is 258 Å². The van der Waals surface area contributed by atoms with Crippen LogP contribution < -0.4 is 0 Å². The summed E-state index contributed by atoms with van der Waals surface area (Å²) in [5, 5.41) is 56.4. The number of phenols is 3. The van der Waals surface area contributed by atoms with E-state index in [2.05, 4.69) is 6.08 Å². The molecule has 8 heteroatoms. The maximum atomic E-state index is 13.6. The molecule has 0 aromatic heterocycles. The number of carbonyl (C=O) groups is 3. The first-order valence-electron chi connectivity index (χ1n) is 14.6. The van der Waals surface area contributed by atoms with E-state index in [9.17, 15) is 39.9 Å². The maximum absolute atomic E-state index is 13.6. The number of ketones is 3. The highest BCUT2D eigenvalue weighted by Gasteiger charge is 2.46. The van der Waals surface area contributed by atoms with E-state index in [1.165, 1.54) is 31.6 Å². The molecule has 2 aromatic carbocycles. The largest absolute Gasteiger partial charge is 0.511 e.